The minimum absolute atomic E-state index is 0.237. The molecule has 44 valence electrons. The van der Waals surface area contributed by atoms with Crippen molar-refractivity contribution in [1.29, 1.82) is 0 Å². The molecule has 0 heterocycles. The van der Waals surface area contributed by atoms with Crippen LogP contribution in [0.4, 0.5) is 0 Å². The predicted octanol–water partition coefficient (Wildman–Crippen LogP) is 0.607. The molecule has 0 saturated heterocycles. The van der Waals surface area contributed by atoms with Gasteiger partial charge in [-0.3, -0.25) is 0 Å². The zero-order valence-electron chi connectivity index (χ0n) is 4.87. The third-order valence-electron chi connectivity index (χ3n) is 0.920. The van der Waals surface area contributed by atoms with Gasteiger partial charge in [0.1, 0.15) is 0 Å². The first-order valence-corrected chi connectivity index (χ1v) is 4.32. The molecule has 1 aromatic carbocycles. The first-order valence-electron chi connectivity index (χ1n) is 2.61. The van der Waals surface area contributed by atoms with E-state index in [1.165, 1.54) is 4.46 Å². The van der Waals surface area contributed by atoms with Gasteiger partial charge < -0.3 is 0 Å². The first kappa shape index (κ1) is 6.42. The van der Waals surface area contributed by atoms with E-state index >= 15 is 0 Å². The Kier molecular flexibility index (Phi) is 2.39. The van der Waals surface area contributed by atoms with Crippen LogP contribution in [0.3, 0.4) is 0 Å². The first-order chi connectivity index (χ1) is 4.43. The standard InChI is InChI=1S/C8H6Se/c1-2-9-8-6-4-3-5-7-8/h1,3-7H. The van der Waals surface area contributed by atoms with Gasteiger partial charge in [0, 0.05) is 0 Å². The Morgan fingerprint density at radius 1 is 1.22 bits per heavy atom. The van der Waals surface area contributed by atoms with E-state index in [4.69, 9.17) is 6.42 Å². The summed E-state index contributed by atoms with van der Waals surface area (Å²) in [4.78, 5) is 2.65. The van der Waals surface area contributed by atoms with Gasteiger partial charge in [-0.05, 0) is 0 Å². The van der Waals surface area contributed by atoms with Crippen molar-refractivity contribution >= 4 is 19.4 Å². The molecule has 1 heteroatoms. The molecule has 0 aliphatic carbocycles. The summed E-state index contributed by atoms with van der Waals surface area (Å²) in [6, 6.07) is 10.1. The molecule has 0 unspecified atom stereocenters. The van der Waals surface area contributed by atoms with E-state index < -0.39 is 0 Å². The molecule has 0 spiro atoms. The normalized spacial score (nSPS) is 8.33. The Labute approximate surface area is 61.4 Å². The molecule has 0 aromatic heterocycles. The van der Waals surface area contributed by atoms with Crippen molar-refractivity contribution < 1.29 is 0 Å². The summed E-state index contributed by atoms with van der Waals surface area (Å²) >= 11 is 0.237. The van der Waals surface area contributed by atoms with E-state index in [0.29, 0.717) is 0 Å². The molecule has 0 saturated carbocycles. The summed E-state index contributed by atoms with van der Waals surface area (Å²) < 4.78 is 1.27. The average molecular weight is 181 g/mol. The summed E-state index contributed by atoms with van der Waals surface area (Å²) in [5, 5.41) is 0. The van der Waals surface area contributed by atoms with Crippen LogP contribution in [0.5, 0.6) is 0 Å². The van der Waals surface area contributed by atoms with Crippen molar-refractivity contribution in [3.8, 4) is 11.2 Å². The molecular weight excluding hydrogens is 175 g/mol. The molecule has 0 N–H and O–H groups in total. The summed E-state index contributed by atoms with van der Waals surface area (Å²) in [5.74, 6) is 0. The maximum atomic E-state index is 5.14. The second-order valence-electron chi connectivity index (χ2n) is 1.53. The van der Waals surface area contributed by atoms with Crippen molar-refractivity contribution in [2.45, 2.75) is 0 Å². The van der Waals surface area contributed by atoms with Crippen molar-refractivity contribution in [2.75, 3.05) is 0 Å². The van der Waals surface area contributed by atoms with Gasteiger partial charge in [-0.1, -0.05) is 0 Å². The molecule has 0 amide bonds. The van der Waals surface area contributed by atoms with Crippen LogP contribution in [0, 0.1) is 11.2 Å². The summed E-state index contributed by atoms with van der Waals surface area (Å²) in [7, 11) is 0. The van der Waals surface area contributed by atoms with Gasteiger partial charge in [-0.2, -0.15) is 0 Å². The Bertz CT molecular complexity index is 208. The third kappa shape index (κ3) is 1.93. The summed E-state index contributed by atoms with van der Waals surface area (Å²) in [6.45, 7) is 0. The molecule has 1 aromatic rings. The number of hydrogen-bond donors (Lipinski definition) is 0. The molecule has 1 rings (SSSR count). The van der Waals surface area contributed by atoms with Gasteiger partial charge in [0.15, 0.2) is 0 Å². The van der Waals surface area contributed by atoms with E-state index in [9.17, 15) is 0 Å². The van der Waals surface area contributed by atoms with Crippen molar-refractivity contribution in [1.82, 2.24) is 0 Å². The molecule has 0 radical (unpaired) electrons. The van der Waals surface area contributed by atoms with Gasteiger partial charge in [-0.15, -0.1) is 0 Å². The topological polar surface area (TPSA) is 0 Å². The summed E-state index contributed by atoms with van der Waals surface area (Å²) in [5.41, 5.74) is 0. The van der Waals surface area contributed by atoms with Crippen LogP contribution in [0.2, 0.25) is 0 Å². The molecular formula is C8H6Se. The number of benzene rings is 1. The van der Waals surface area contributed by atoms with Gasteiger partial charge in [-0.25, -0.2) is 0 Å². The minimum atomic E-state index is 0.237. The van der Waals surface area contributed by atoms with Crippen LogP contribution in [-0.2, 0) is 0 Å². The second-order valence-corrected chi connectivity index (χ2v) is 3.44. The zero-order chi connectivity index (χ0) is 6.53. The van der Waals surface area contributed by atoms with Crippen molar-refractivity contribution in [2.24, 2.45) is 0 Å². The van der Waals surface area contributed by atoms with Crippen LogP contribution in [0.1, 0.15) is 0 Å². The molecule has 9 heavy (non-hydrogen) atoms. The van der Waals surface area contributed by atoms with Crippen LogP contribution >= 0.6 is 0 Å². The van der Waals surface area contributed by atoms with Gasteiger partial charge >= 0.3 is 61.0 Å². The van der Waals surface area contributed by atoms with E-state index in [1.807, 2.05) is 18.2 Å². The van der Waals surface area contributed by atoms with Crippen molar-refractivity contribution in [3.05, 3.63) is 30.3 Å². The van der Waals surface area contributed by atoms with Crippen LogP contribution < -0.4 is 4.46 Å². The second kappa shape index (κ2) is 3.35. The van der Waals surface area contributed by atoms with Crippen LogP contribution in [0.25, 0.3) is 0 Å². The molecule has 0 atom stereocenters. The van der Waals surface area contributed by atoms with Gasteiger partial charge in [0.2, 0.25) is 0 Å². The maximum absolute atomic E-state index is 5.14. The number of hydrogen-bond acceptors (Lipinski definition) is 0. The van der Waals surface area contributed by atoms with Crippen LogP contribution in [0.15, 0.2) is 30.3 Å². The molecule has 0 aliphatic heterocycles. The van der Waals surface area contributed by atoms with Crippen LogP contribution in [-0.4, -0.2) is 15.0 Å². The Morgan fingerprint density at radius 2 is 1.89 bits per heavy atom. The van der Waals surface area contributed by atoms with Gasteiger partial charge in [0.25, 0.3) is 0 Å². The fourth-order valence-electron chi connectivity index (χ4n) is 0.557. The van der Waals surface area contributed by atoms with Crippen molar-refractivity contribution in [3.63, 3.8) is 0 Å². The quantitative estimate of drug-likeness (QED) is 0.439. The molecule has 0 nitrogen and oxygen atoms in total. The SMILES string of the molecule is C#C[Se]c1ccccc1. The van der Waals surface area contributed by atoms with E-state index in [1.54, 1.807) is 0 Å². The molecule has 0 bridgehead atoms. The Morgan fingerprint density at radius 3 is 2.44 bits per heavy atom. The fraction of sp³-hybridized carbons (Fsp3) is 0. The Balaban J connectivity index is 2.76. The summed E-state index contributed by atoms with van der Waals surface area (Å²) in [6.07, 6.45) is 5.14. The Hall–Kier alpha value is -0.701. The third-order valence-corrected chi connectivity index (χ3v) is 2.23. The van der Waals surface area contributed by atoms with E-state index in [-0.39, 0.29) is 15.0 Å². The monoisotopic (exact) mass is 182 g/mol. The molecule has 0 aliphatic rings. The molecule has 0 fully saturated rings. The van der Waals surface area contributed by atoms with E-state index in [2.05, 4.69) is 17.0 Å². The van der Waals surface area contributed by atoms with E-state index in [0.717, 1.165) is 0 Å². The van der Waals surface area contributed by atoms with Gasteiger partial charge in [0.05, 0.1) is 0 Å². The fourth-order valence-corrected chi connectivity index (χ4v) is 1.46. The number of rotatable bonds is 1. The predicted molar refractivity (Wildman–Crippen MR) is 40.7 cm³/mol. The number of terminal acetylenes is 1. The zero-order valence-corrected chi connectivity index (χ0v) is 6.59. The average Bonchev–Trinajstić information content (AvgIpc) is 1.91.